The number of aryl methyl sites for hydroxylation is 1. The first-order valence-electron chi connectivity index (χ1n) is 5.43. The summed E-state index contributed by atoms with van der Waals surface area (Å²) in [5.41, 5.74) is 0.279. The normalized spacial score (nSPS) is 11.4. The van der Waals surface area contributed by atoms with E-state index < -0.39 is 11.4 Å². The number of hydrogen-bond donors (Lipinski definition) is 2. The summed E-state index contributed by atoms with van der Waals surface area (Å²) in [5, 5.41) is 15.1. The number of nitrogens with one attached hydrogen (secondary N) is 1. The van der Waals surface area contributed by atoms with Crippen LogP contribution in [-0.2, 0) is 4.79 Å². The maximum absolute atomic E-state index is 11.3. The minimum atomic E-state index is -0.738. The van der Waals surface area contributed by atoms with Gasteiger partial charge < -0.3 is 10.4 Å². The summed E-state index contributed by atoms with van der Waals surface area (Å²) < 4.78 is 0. The predicted octanol–water partition coefficient (Wildman–Crippen LogP) is 2.75. The van der Waals surface area contributed by atoms with Gasteiger partial charge in [0.05, 0.1) is 11.1 Å². The van der Waals surface area contributed by atoms with Crippen LogP contribution >= 0.6 is 11.3 Å². The molecule has 0 amide bonds. The van der Waals surface area contributed by atoms with Gasteiger partial charge in [0.15, 0.2) is 5.13 Å². The summed E-state index contributed by atoms with van der Waals surface area (Å²) >= 11 is 1.51. The van der Waals surface area contributed by atoms with Crippen molar-refractivity contribution in [3.05, 3.63) is 11.1 Å². The Labute approximate surface area is 99.7 Å². The third-order valence-electron chi connectivity index (χ3n) is 3.00. The Balaban J connectivity index is 2.67. The van der Waals surface area contributed by atoms with Gasteiger partial charge in [-0.1, -0.05) is 13.8 Å². The van der Waals surface area contributed by atoms with Crippen LogP contribution in [0, 0.1) is 12.3 Å². The minimum absolute atomic E-state index is 0.433. The molecule has 1 aromatic heterocycles. The summed E-state index contributed by atoms with van der Waals surface area (Å²) in [6.07, 6.45) is 1.24. The van der Waals surface area contributed by atoms with Gasteiger partial charge in [-0.05, 0) is 19.8 Å². The van der Waals surface area contributed by atoms with E-state index in [0.29, 0.717) is 19.4 Å². The van der Waals surface area contributed by atoms with Gasteiger partial charge in [-0.25, -0.2) is 4.98 Å². The Kier molecular flexibility index (Phi) is 4.29. The van der Waals surface area contributed by atoms with Crippen LogP contribution in [-0.4, -0.2) is 22.6 Å². The molecule has 1 rings (SSSR count). The maximum Gasteiger partial charge on any atom is 0.311 e. The Morgan fingerprint density at radius 1 is 1.56 bits per heavy atom. The van der Waals surface area contributed by atoms with E-state index >= 15 is 0 Å². The largest absolute Gasteiger partial charge is 0.481 e. The van der Waals surface area contributed by atoms with Crippen LogP contribution in [0.15, 0.2) is 5.38 Å². The molecule has 0 spiro atoms. The van der Waals surface area contributed by atoms with E-state index in [1.165, 1.54) is 11.3 Å². The zero-order valence-electron chi connectivity index (χ0n) is 9.91. The van der Waals surface area contributed by atoms with Crippen molar-refractivity contribution in [2.75, 3.05) is 11.9 Å². The summed E-state index contributed by atoms with van der Waals surface area (Å²) in [6.45, 7) is 6.17. The molecule has 0 aliphatic heterocycles. The number of aliphatic carboxylic acids is 1. The number of rotatable bonds is 6. The lowest BCUT2D eigenvalue weighted by molar-refractivity contribution is -0.148. The number of anilines is 1. The van der Waals surface area contributed by atoms with Crippen LogP contribution < -0.4 is 5.32 Å². The van der Waals surface area contributed by atoms with Crippen LogP contribution in [0.25, 0.3) is 0 Å². The van der Waals surface area contributed by atoms with Gasteiger partial charge in [-0.2, -0.15) is 0 Å². The van der Waals surface area contributed by atoms with Crippen molar-refractivity contribution in [1.82, 2.24) is 4.98 Å². The highest BCUT2D eigenvalue weighted by atomic mass is 32.1. The SMILES string of the molecule is CCC(CC)(CNc1nc(C)cs1)C(=O)O. The Morgan fingerprint density at radius 3 is 2.56 bits per heavy atom. The van der Waals surface area contributed by atoms with E-state index in [2.05, 4.69) is 10.3 Å². The molecule has 0 bridgehead atoms. The third-order valence-corrected chi connectivity index (χ3v) is 3.92. The second-order valence-corrected chi connectivity index (χ2v) is 4.80. The van der Waals surface area contributed by atoms with Gasteiger partial charge >= 0.3 is 5.97 Å². The number of hydrogen-bond acceptors (Lipinski definition) is 4. The number of carboxylic acid groups (broad SMARTS) is 1. The lowest BCUT2D eigenvalue weighted by Gasteiger charge is -2.26. The average Bonchev–Trinajstić information content (AvgIpc) is 2.66. The van der Waals surface area contributed by atoms with Crippen molar-refractivity contribution in [1.29, 1.82) is 0 Å². The molecule has 2 N–H and O–H groups in total. The summed E-state index contributed by atoms with van der Waals surface area (Å²) in [6, 6.07) is 0. The zero-order valence-corrected chi connectivity index (χ0v) is 10.7. The number of thiazole rings is 1. The quantitative estimate of drug-likeness (QED) is 0.805. The van der Waals surface area contributed by atoms with E-state index in [9.17, 15) is 9.90 Å². The van der Waals surface area contributed by atoms with Gasteiger partial charge in [0, 0.05) is 11.9 Å². The van der Waals surface area contributed by atoms with Gasteiger partial charge in [0.25, 0.3) is 0 Å². The average molecular weight is 242 g/mol. The smallest absolute Gasteiger partial charge is 0.311 e. The van der Waals surface area contributed by atoms with Crippen LogP contribution in [0.2, 0.25) is 0 Å². The number of carbonyl (C=O) groups is 1. The first-order valence-corrected chi connectivity index (χ1v) is 6.31. The third kappa shape index (κ3) is 2.72. The van der Waals surface area contributed by atoms with Crippen molar-refractivity contribution in [3.8, 4) is 0 Å². The Bertz CT molecular complexity index is 359. The molecule has 0 fully saturated rings. The molecule has 4 nitrogen and oxygen atoms in total. The van der Waals surface area contributed by atoms with Gasteiger partial charge in [-0.15, -0.1) is 11.3 Å². The lowest BCUT2D eigenvalue weighted by Crippen LogP contribution is -2.36. The van der Waals surface area contributed by atoms with E-state index in [-0.39, 0.29) is 0 Å². The zero-order chi connectivity index (χ0) is 12.2. The standard InChI is InChI=1S/C11H18N2O2S/c1-4-11(5-2,9(14)15)7-12-10-13-8(3)6-16-10/h6H,4-5,7H2,1-3H3,(H,12,13)(H,14,15). The van der Waals surface area contributed by atoms with Crippen molar-refractivity contribution in [3.63, 3.8) is 0 Å². The van der Waals surface area contributed by atoms with Crippen molar-refractivity contribution in [2.45, 2.75) is 33.6 Å². The fourth-order valence-electron chi connectivity index (χ4n) is 1.56. The van der Waals surface area contributed by atoms with Crippen LogP contribution in [0.1, 0.15) is 32.4 Å². The maximum atomic E-state index is 11.3. The molecule has 16 heavy (non-hydrogen) atoms. The summed E-state index contributed by atoms with van der Waals surface area (Å²) in [4.78, 5) is 15.5. The van der Waals surface area contributed by atoms with E-state index in [0.717, 1.165) is 10.8 Å². The van der Waals surface area contributed by atoms with Gasteiger partial charge in [0.1, 0.15) is 0 Å². The van der Waals surface area contributed by atoms with Gasteiger partial charge in [-0.3, -0.25) is 4.79 Å². The van der Waals surface area contributed by atoms with Crippen molar-refractivity contribution in [2.24, 2.45) is 5.41 Å². The molecular weight excluding hydrogens is 224 g/mol. The van der Waals surface area contributed by atoms with Crippen LogP contribution in [0.4, 0.5) is 5.13 Å². The molecule has 0 saturated heterocycles. The molecule has 0 atom stereocenters. The molecule has 0 aromatic carbocycles. The highest BCUT2D eigenvalue weighted by Gasteiger charge is 2.34. The highest BCUT2D eigenvalue weighted by Crippen LogP contribution is 2.27. The monoisotopic (exact) mass is 242 g/mol. The van der Waals surface area contributed by atoms with E-state index in [1.807, 2.05) is 26.2 Å². The minimum Gasteiger partial charge on any atom is -0.481 e. The molecule has 90 valence electrons. The van der Waals surface area contributed by atoms with Crippen LogP contribution in [0.3, 0.4) is 0 Å². The molecule has 1 heterocycles. The molecule has 1 aromatic rings. The first kappa shape index (κ1) is 13.0. The lowest BCUT2D eigenvalue weighted by atomic mass is 9.82. The fourth-order valence-corrected chi connectivity index (χ4v) is 2.25. The van der Waals surface area contributed by atoms with Crippen LogP contribution in [0.5, 0.6) is 0 Å². The molecule has 0 unspecified atom stereocenters. The number of aromatic nitrogens is 1. The Hall–Kier alpha value is -1.10. The van der Waals surface area contributed by atoms with E-state index in [4.69, 9.17) is 0 Å². The number of carboxylic acids is 1. The van der Waals surface area contributed by atoms with E-state index in [1.54, 1.807) is 0 Å². The second kappa shape index (κ2) is 5.30. The Morgan fingerprint density at radius 2 is 2.19 bits per heavy atom. The number of nitrogens with zero attached hydrogens (tertiary/aromatic N) is 1. The van der Waals surface area contributed by atoms with Gasteiger partial charge in [0.2, 0.25) is 0 Å². The highest BCUT2D eigenvalue weighted by molar-refractivity contribution is 7.13. The van der Waals surface area contributed by atoms with Crippen molar-refractivity contribution < 1.29 is 9.90 Å². The fraction of sp³-hybridized carbons (Fsp3) is 0.636. The first-order chi connectivity index (χ1) is 7.54. The molecule has 0 aliphatic carbocycles. The molecule has 0 aliphatic rings. The second-order valence-electron chi connectivity index (χ2n) is 3.94. The molecule has 0 saturated carbocycles. The topological polar surface area (TPSA) is 62.2 Å². The molecular formula is C11H18N2O2S. The van der Waals surface area contributed by atoms with Crippen molar-refractivity contribution >= 4 is 22.4 Å². The summed E-state index contributed by atoms with van der Waals surface area (Å²) in [5.74, 6) is -0.738. The summed E-state index contributed by atoms with van der Waals surface area (Å²) in [7, 11) is 0. The predicted molar refractivity (Wildman–Crippen MR) is 66.0 cm³/mol. The molecule has 0 radical (unpaired) electrons. The molecule has 5 heteroatoms.